The number of aliphatic hydroxyl groups excluding tert-OH is 1. The number of unbranched alkanes of at least 4 members (excludes halogenated alkanes) is 15. The molecule has 444 valence electrons. The second-order valence-electron chi connectivity index (χ2n) is 20.5. The van der Waals surface area contributed by atoms with Gasteiger partial charge in [-0.2, -0.15) is 0 Å². The Labute approximate surface area is 502 Å². The third-order valence-electron chi connectivity index (χ3n) is 13.9. The van der Waals surface area contributed by atoms with Gasteiger partial charge < -0.3 is 47.7 Å². The zero-order valence-corrected chi connectivity index (χ0v) is 52.1. The number of ether oxygens (including phenoxy) is 9. The largest absolute Gasteiger partial charge is 0.497 e. The lowest BCUT2D eigenvalue weighted by molar-refractivity contribution is -0.286. The van der Waals surface area contributed by atoms with Gasteiger partial charge in [-0.15, -0.1) is 35.5 Å². The second kappa shape index (κ2) is 45.1. The average Bonchev–Trinajstić information content (AvgIpc) is 4.40. The summed E-state index contributed by atoms with van der Waals surface area (Å²) in [5.74, 6) is 20.2. The highest BCUT2D eigenvalue weighted by Crippen LogP contribution is 2.34. The fraction of sp³-hybridized carbons (Fsp3) is 0.571. The molecule has 1 N–H and O–H groups in total. The van der Waals surface area contributed by atoms with Crippen molar-refractivity contribution in [2.45, 2.75) is 219 Å². The molecule has 0 aromatic heterocycles. The molecule has 0 amide bonds. The van der Waals surface area contributed by atoms with Crippen LogP contribution in [0.5, 0.6) is 11.5 Å². The zero-order chi connectivity index (χ0) is 57.8. The van der Waals surface area contributed by atoms with Crippen LogP contribution in [0.4, 0.5) is 0 Å². The summed E-state index contributed by atoms with van der Waals surface area (Å²) < 4.78 is 53.8. The van der Waals surface area contributed by atoms with Crippen molar-refractivity contribution in [3.63, 3.8) is 0 Å². The Kier molecular flexibility index (Phi) is 38.4. The Hall–Kier alpha value is -4.43. The zero-order valence-electron chi connectivity index (χ0n) is 49.9. The molecule has 0 radical (unpaired) electrons. The minimum Gasteiger partial charge on any atom is -0.497 e. The van der Waals surface area contributed by atoms with E-state index in [1.54, 1.807) is 14.2 Å². The molecule has 81 heavy (non-hydrogen) atoms. The predicted molar refractivity (Wildman–Crippen MR) is 336 cm³/mol. The van der Waals surface area contributed by atoms with Crippen LogP contribution in [-0.4, -0.2) is 80.2 Å². The fourth-order valence-corrected chi connectivity index (χ4v) is 9.45. The smallest absolute Gasteiger partial charge is 0.184 e. The molecular formula is C70H97IO10. The number of epoxide rings is 1. The summed E-state index contributed by atoms with van der Waals surface area (Å²) in [5.41, 5.74) is 4.08. The van der Waals surface area contributed by atoms with E-state index in [1.807, 2.05) is 123 Å². The van der Waals surface area contributed by atoms with Gasteiger partial charge in [-0.1, -0.05) is 186 Å². The molecule has 6 unspecified atom stereocenters. The summed E-state index contributed by atoms with van der Waals surface area (Å²) in [6.07, 6.45) is 21.2. The van der Waals surface area contributed by atoms with Gasteiger partial charge in [0.25, 0.3) is 0 Å². The molecule has 0 bridgehead atoms. The first-order valence-corrected chi connectivity index (χ1v) is 31.6. The average molecular weight is 1230 g/mol. The fourth-order valence-electron chi connectivity index (χ4n) is 8.91. The number of rotatable bonds is 30. The Bertz CT molecular complexity index is 2320. The molecule has 0 aliphatic carbocycles. The highest BCUT2D eigenvalue weighted by molar-refractivity contribution is 14.1. The summed E-state index contributed by atoms with van der Waals surface area (Å²) in [5, 5.41) is 11.1. The molecule has 7 rings (SSSR count). The van der Waals surface area contributed by atoms with Crippen molar-refractivity contribution < 1.29 is 47.7 Å². The van der Waals surface area contributed by atoms with Crippen LogP contribution in [0.25, 0.3) is 0 Å². The quantitative estimate of drug-likeness (QED) is 0.0178. The van der Waals surface area contributed by atoms with Crippen LogP contribution in [0.2, 0.25) is 0 Å². The van der Waals surface area contributed by atoms with E-state index in [0.29, 0.717) is 39.5 Å². The summed E-state index contributed by atoms with van der Waals surface area (Å²) >= 11 is 2.44. The van der Waals surface area contributed by atoms with Gasteiger partial charge in [0.2, 0.25) is 0 Å². The molecule has 3 heterocycles. The Morgan fingerprint density at radius 3 is 1.36 bits per heavy atom. The molecule has 3 aliphatic heterocycles. The summed E-state index contributed by atoms with van der Waals surface area (Å²) in [6.45, 7) is 10.6. The molecule has 4 aromatic rings. The van der Waals surface area contributed by atoms with Crippen molar-refractivity contribution in [2.24, 2.45) is 0 Å². The van der Waals surface area contributed by atoms with Gasteiger partial charge in [-0.05, 0) is 92.2 Å². The number of alkyl halides is 1. The standard InChI is InChI=1S/C33H46O5.C20H22O5.C13H23I.C4H6/c1-3-4-5-6-7-8-9-10-11-12-13-17-20-30(34)32-31(36-25-27-21-23-29(35-2)24-22-27)26-37-33(38-32)28-18-15-14-16-19-28;1-21-16-9-7-14(8-10-16)11-22-18-13-24-20(15-5-3-2-4-6-15)25-19(18)17-12-23-17;1-2-3-4-5-6-7-8-9-10-11-12-13-14;1-3-4-2/h14-16,18-19,21-24,30-34H,3-7,10-13,17,20,25-26H2,1-2H3;2-10,17-20H,11-13H2,1H3;2-6,9-13H2,1H3;1-2H3/t30-,31?,32?,33?;17-,18?,19?,20?;;/m11../s1. The van der Waals surface area contributed by atoms with Gasteiger partial charge in [-0.3, -0.25) is 0 Å². The van der Waals surface area contributed by atoms with E-state index in [4.69, 9.17) is 42.6 Å². The molecule has 4 aromatic carbocycles. The Balaban J connectivity index is 0.000000279. The van der Waals surface area contributed by atoms with Gasteiger partial charge >= 0.3 is 0 Å². The van der Waals surface area contributed by atoms with Gasteiger partial charge in [0, 0.05) is 36.8 Å². The van der Waals surface area contributed by atoms with Crippen molar-refractivity contribution >= 4 is 22.6 Å². The van der Waals surface area contributed by atoms with Crippen LogP contribution in [0.1, 0.15) is 191 Å². The molecule has 10 nitrogen and oxygen atoms in total. The van der Waals surface area contributed by atoms with E-state index < -0.39 is 18.5 Å². The summed E-state index contributed by atoms with van der Waals surface area (Å²) in [7, 11) is 3.31. The van der Waals surface area contributed by atoms with Gasteiger partial charge in [0.05, 0.1) is 53.4 Å². The van der Waals surface area contributed by atoms with Crippen LogP contribution >= 0.6 is 22.6 Å². The van der Waals surface area contributed by atoms with Crippen molar-refractivity contribution in [3.05, 3.63) is 131 Å². The maximum absolute atomic E-state index is 11.1. The molecule has 3 saturated heterocycles. The van der Waals surface area contributed by atoms with Gasteiger partial charge in [0.1, 0.15) is 42.0 Å². The first-order valence-electron chi connectivity index (χ1n) is 30.1. The molecule has 0 spiro atoms. The third-order valence-corrected chi connectivity index (χ3v) is 14.7. The number of benzene rings is 4. The summed E-state index contributed by atoms with van der Waals surface area (Å²) in [4.78, 5) is 0. The van der Waals surface area contributed by atoms with E-state index in [0.717, 1.165) is 85.1 Å². The van der Waals surface area contributed by atoms with E-state index in [9.17, 15) is 5.11 Å². The second-order valence-corrected chi connectivity index (χ2v) is 21.5. The maximum atomic E-state index is 11.1. The van der Waals surface area contributed by atoms with E-state index in [2.05, 4.69) is 72.0 Å². The first kappa shape index (κ1) is 69.1. The Morgan fingerprint density at radius 2 is 0.926 bits per heavy atom. The minimum atomic E-state index is -0.617. The number of hydrogen-bond acceptors (Lipinski definition) is 10. The lowest BCUT2D eigenvalue weighted by Crippen LogP contribution is -2.48. The molecule has 3 fully saturated rings. The third kappa shape index (κ3) is 30.1. The van der Waals surface area contributed by atoms with Crippen molar-refractivity contribution in [3.8, 4) is 47.0 Å². The lowest BCUT2D eigenvalue weighted by atomic mass is 10.00. The van der Waals surface area contributed by atoms with Crippen LogP contribution in [0.15, 0.2) is 109 Å². The van der Waals surface area contributed by atoms with E-state index in [-0.39, 0.29) is 30.7 Å². The normalized spacial score (nSPS) is 20.0. The monoisotopic (exact) mass is 1220 g/mol. The molecule has 8 atom stereocenters. The van der Waals surface area contributed by atoms with Crippen LogP contribution in [-0.2, 0) is 46.4 Å². The van der Waals surface area contributed by atoms with Crippen molar-refractivity contribution in [1.29, 1.82) is 0 Å². The van der Waals surface area contributed by atoms with E-state index >= 15 is 0 Å². The number of methoxy groups -OCH3 is 2. The molecule has 0 saturated carbocycles. The number of aliphatic hydroxyl groups is 1. The maximum Gasteiger partial charge on any atom is 0.184 e. The molecule has 11 heteroatoms. The first-order chi connectivity index (χ1) is 39.9. The number of hydrogen-bond donors (Lipinski definition) is 1. The Morgan fingerprint density at radius 1 is 0.506 bits per heavy atom. The van der Waals surface area contributed by atoms with Crippen LogP contribution < -0.4 is 9.47 Å². The van der Waals surface area contributed by atoms with Crippen molar-refractivity contribution in [2.75, 3.05) is 38.5 Å². The van der Waals surface area contributed by atoms with Crippen molar-refractivity contribution in [1.82, 2.24) is 0 Å². The number of halogens is 1. The van der Waals surface area contributed by atoms with Crippen LogP contribution in [0.3, 0.4) is 0 Å². The minimum absolute atomic E-state index is 0.0935. The van der Waals surface area contributed by atoms with E-state index in [1.165, 1.54) is 75.1 Å². The SMILES string of the molecule is CC#CC.CCCCCCC#CCCCCCC[C@@H](O)C1OC(c2ccccc2)OCC1OCc1ccc(OC)cc1.CCCCCCC#CCCCCCI.COc1ccc(COC2COC(c3ccccc3)OC2[C@H]2CO2)cc1. The lowest BCUT2D eigenvalue weighted by Gasteiger charge is -2.39. The molecular weight excluding hydrogens is 1130 g/mol. The highest BCUT2D eigenvalue weighted by Gasteiger charge is 2.45. The van der Waals surface area contributed by atoms with Gasteiger partial charge in [-0.25, -0.2) is 0 Å². The predicted octanol–water partition coefficient (Wildman–Crippen LogP) is 16.4. The van der Waals surface area contributed by atoms with Gasteiger partial charge in [0.15, 0.2) is 12.6 Å². The molecule has 3 aliphatic rings. The van der Waals surface area contributed by atoms with Crippen LogP contribution in [0, 0.1) is 35.5 Å². The summed E-state index contributed by atoms with van der Waals surface area (Å²) in [6, 6.07) is 35.5. The topological polar surface area (TPSA) is 107 Å². The highest BCUT2D eigenvalue weighted by atomic mass is 127.